The van der Waals surface area contributed by atoms with E-state index in [1.807, 2.05) is 0 Å². The van der Waals surface area contributed by atoms with E-state index in [1.54, 1.807) is 12.3 Å². The van der Waals surface area contributed by atoms with E-state index in [0.29, 0.717) is 5.56 Å². The number of aliphatic imine (C=N–C) groups is 1. The monoisotopic (exact) mass is 428 g/mol. The molecule has 0 heterocycles. The first kappa shape index (κ1) is 23.7. The van der Waals surface area contributed by atoms with Crippen molar-refractivity contribution in [3.8, 4) is 5.75 Å². The number of nitro benzene ring substituents is 1. The number of hydrogen-bond acceptors (Lipinski definition) is 4. The fourth-order valence-corrected chi connectivity index (χ4v) is 5.23. The maximum atomic E-state index is 11.6. The summed E-state index contributed by atoms with van der Waals surface area (Å²) in [5, 5.41) is 22.7. The van der Waals surface area contributed by atoms with Crippen molar-refractivity contribution < 1.29 is 10.0 Å². The molecule has 172 valence electrons. The summed E-state index contributed by atoms with van der Waals surface area (Å²) in [5.41, 5.74) is 1.33. The Balaban J connectivity index is 1.82. The van der Waals surface area contributed by atoms with Crippen molar-refractivity contribution in [1.29, 1.82) is 0 Å². The molecule has 0 bridgehead atoms. The first-order valence-corrected chi connectivity index (χ1v) is 12.6. The summed E-state index contributed by atoms with van der Waals surface area (Å²) in [5.74, 6) is 1.14. The van der Waals surface area contributed by atoms with Crippen LogP contribution in [0.4, 0.5) is 5.69 Å². The normalized spacial score (nSPS) is 25.1. The molecule has 0 spiro atoms. The molecule has 0 aromatic heterocycles. The lowest BCUT2D eigenvalue weighted by Gasteiger charge is -2.23. The van der Waals surface area contributed by atoms with Gasteiger partial charge in [-0.3, -0.25) is 15.1 Å². The zero-order valence-electron chi connectivity index (χ0n) is 19.2. The summed E-state index contributed by atoms with van der Waals surface area (Å²) in [6.45, 7) is 2.28. The van der Waals surface area contributed by atoms with E-state index in [1.165, 1.54) is 63.9 Å². The second kappa shape index (κ2) is 12.2. The van der Waals surface area contributed by atoms with Crippen molar-refractivity contribution in [2.45, 2.75) is 115 Å². The van der Waals surface area contributed by atoms with E-state index >= 15 is 0 Å². The van der Waals surface area contributed by atoms with Crippen LogP contribution < -0.4 is 0 Å². The summed E-state index contributed by atoms with van der Waals surface area (Å²) < 4.78 is 0. The number of phenolic OH excluding ortho intramolecular Hbond substituents is 1. The molecule has 1 aromatic carbocycles. The van der Waals surface area contributed by atoms with Gasteiger partial charge in [0.05, 0.1) is 4.92 Å². The molecular formula is C26H40N2O3. The van der Waals surface area contributed by atoms with Gasteiger partial charge >= 0.3 is 0 Å². The summed E-state index contributed by atoms with van der Waals surface area (Å²) in [7, 11) is 0. The molecule has 0 atom stereocenters. The lowest BCUT2D eigenvalue weighted by atomic mass is 9.85. The Morgan fingerprint density at radius 1 is 0.903 bits per heavy atom. The summed E-state index contributed by atoms with van der Waals surface area (Å²) >= 11 is 0. The average molecular weight is 429 g/mol. The van der Waals surface area contributed by atoms with E-state index in [9.17, 15) is 15.2 Å². The Morgan fingerprint density at radius 2 is 1.45 bits per heavy atom. The third-order valence-corrected chi connectivity index (χ3v) is 7.32. The minimum Gasteiger partial charge on any atom is -0.507 e. The SMILES string of the molecule is CC1CCC(N=Cc2cc([N+](=O)[O-])cc(C3CCCCCCCCCCC3)c2O)CC1. The van der Waals surface area contributed by atoms with Crippen molar-refractivity contribution in [1.82, 2.24) is 0 Å². The van der Waals surface area contributed by atoms with Gasteiger partial charge < -0.3 is 5.11 Å². The predicted molar refractivity (Wildman–Crippen MR) is 127 cm³/mol. The smallest absolute Gasteiger partial charge is 0.270 e. The van der Waals surface area contributed by atoms with Crippen molar-refractivity contribution in [3.05, 3.63) is 33.4 Å². The Bertz CT molecular complexity index is 726. The molecule has 0 amide bonds. The Hall–Kier alpha value is -1.91. The van der Waals surface area contributed by atoms with Gasteiger partial charge in [0.15, 0.2) is 0 Å². The molecule has 5 nitrogen and oxygen atoms in total. The van der Waals surface area contributed by atoms with Crippen LogP contribution in [0.2, 0.25) is 0 Å². The lowest BCUT2D eigenvalue weighted by Crippen LogP contribution is -2.15. The third-order valence-electron chi connectivity index (χ3n) is 7.32. The molecule has 31 heavy (non-hydrogen) atoms. The number of non-ortho nitro benzene ring substituents is 1. The summed E-state index contributed by atoms with van der Waals surface area (Å²) in [6, 6.07) is 3.37. The number of nitrogens with zero attached hydrogens (tertiary/aromatic N) is 2. The standard InChI is InChI=1S/C26H40N2O3/c1-20-13-15-23(16-14-20)27-19-22-17-24(28(30)31)18-25(26(22)29)21-11-9-7-5-3-2-4-6-8-10-12-21/h17-21,23,29H,2-16H2,1H3. The fraction of sp³-hybridized carbons (Fsp3) is 0.731. The van der Waals surface area contributed by atoms with Gasteiger partial charge in [0.2, 0.25) is 0 Å². The van der Waals surface area contributed by atoms with Gasteiger partial charge in [-0.2, -0.15) is 0 Å². The molecule has 0 unspecified atom stereocenters. The molecule has 3 rings (SSSR count). The molecule has 2 aliphatic carbocycles. The van der Waals surface area contributed by atoms with E-state index in [-0.39, 0.29) is 28.3 Å². The van der Waals surface area contributed by atoms with Crippen LogP contribution in [0.25, 0.3) is 0 Å². The molecule has 0 aliphatic heterocycles. The van der Waals surface area contributed by atoms with Crippen LogP contribution in [0.5, 0.6) is 5.75 Å². The highest BCUT2D eigenvalue weighted by Crippen LogP contribution is 2.39. The second-order valence-electron chi connectivity index (χ2n) is 9.88. The lowest BCUT2D eigenvalue weighted by molar-refractivity contribution is -0.385. The molecule has 2 fully saturated rings. The number of aromatic hydroxyl groups is 1. The van der Waals surface area contributed by atoms with E-state index in [0.717, 1.165) is 50.0 Å². The first-order valence-electron chi connectivity index (χ1n) is 12.6. The van der Waals surface area contributed by atoms with Crippen LogP contribution in [0, 0.1) is 16.0 Å². The second-order valence-corrected chi connectivity index (χ2v) is 9.88. The Labute approximate surface area is 187 Å². The van der Waals surface area contributed by atoms with Gasteiger partial charge in [-0.25, -0.2) is 0 Å². The summed E-state index contributed by atoms with van der Waals surface area (Å²) in [6.07, 6.45) is 19.3. The van der Waals surface area contributed by atoms with Gasteiger partial charge in [0, 0.05) is 35.5 Å². The van der Waals surface area contributed by atoms with Gasteiger partial charge in [-0.15, -0.1) is 0 Å². The molecule has 2 aliphatic rings. The largest absolute Gasteiger partial charge is 0.507 e. The quantitative estimate of drug-likeness (QED) is 0.303. The van der Waals surface area contributed by atoms with Crippen LogP contribution in [0.3, 0.4) is 0 Å². The minimum absolute atomic E-state index is 0.0673. The van der Waals surface area contributed by atoms with E-state index in [4.69, 9.17) is 4.99 Å². The molecule has 2 saturated carbocycles. The molecule has 1 N–H and O–H groups in total. The molecule has 0 saturated heterocycles. The third kappa shape index (κ3) is 7.33. The van der Waals surface area contributed by atoms with Crippen molar-refractivity contribution in [2.24, 2.45) is 10.9 Å². The van der Waals surface area contributed by atoms with Crippen molar-refractivity contribution >= 4 is 11.9 Å². The fourth-order valence-electron chi connectivity index (χ4n) is 5.23. The molecule has 0 radical (unpaired) electrons. The number of rotatable bonds is 4. The molecule has 1 aromatic rings. The number of nitro groups is 1. The zero-order chi connectivity index (χ0) is 22.1. The Morgan fingerprint density at radius 3 is 2.00 bits per heavy atom. The molecular weight excluding hydrogens is 388 g/mol. The van der Waals surface area contributed by atoms with Crippen LogP contribution in [-0.2, 0) is 0 Å². The highest BCUT2D eigenvalue weighted by atomic mass is 16.6. The average Bonchev–Trinajstić information content (AvgIpc) is 2.75. The summed E-state index contributed by atoms with van der Waals surface area (Å²) in [4.78, 5) is 16.0. The van der Waals surface area contributed by atoms with Crippen LogP contribution in [0.15, 0.2) is 17.1 Å². The topological polar surface area (TPSA) is 75.7 Å². The highest BCUT2D eigenvalue weighted by molar-refractivity contribution is 5.85. The number of hydrogen-bond donors (Lipinski definition) is 1. The van der Waals surface area contributed by atoms with E-state index < -0.39 is 0 Å². The maximum absolute atomic E-state index is 11.6. The number of phenols is 1. The minimum atomic E-state index is -0.335. The highest BCUT2D eigenvalue weighted by Gasteiger charge is 2.23. The Kier molecular flexibility index (Phi) is 9.35. The first-order chi connectivity index (χ1) is 15.0. The van der Waals surface area contributed by atoms with Crippen molar-refractivity contribution in [3.63, 3.8) is 0 Å². The van der Waals surface area contributed by atoms with Crippen molar-refractivity contribution in [2.75, 3.05) is 0 Å². The van der Waals surface area contributed by atoms with Gasteiger partial charge in [-0.1, -0.05) is 64.7 Å². The van der Waals surface area contributed by atoms with E-state index in [2.05, 4.69) is 6.92 Å². The van der Waals surface area contributed by atoms with Gasteiger partial charge in [-0.05, 0) is 50.4 Å². The number of benzene rings is 1. The van der Waals surface area contributed by atoms with Gasteiger partial charge in [0.25, 0.3) is 5.69 Å². The van der Waals surface area contributed by atoms with Crippen LogP contribution >= 0.6 is 0 Å². The van der Waals surface area contributed by atoms with Crippen LogP contribution in [-0.4, -0.2) is 22.3 Å². The maximum Gasteiger partial charge on any atom is 0.270 e. The zero-order valence-corrected chi connectivity index (χ0v) is 19.2. The van der Waals surface area contributed by atoms with Gasteiger partial charge in [0.1, 0.15) is 5.75 Å². The molecule has 5 heteroatoms. The van der Waals surface area contributed by atoms with Crippen LogP contribution in [0.1, 0.15) is 120 Å². The predicted octanol–water partition coefficient (Wildman–Crippen LogP) is 7.69.